The normalized spacial score (nSPS) is 17.5. The summed E-state index contributed by atoms with van der Waals surface area (Å²) in [6.07, 6.45) is 1.73. The molecule has 0 unspecified atom stereocenters. The second-order valence-corrected chi connectivity index (χ2v) is 5.54. The van der Waals surface area contributed by atoms with Gasteiger partial charge >= 0.3 is 6.03 Å². The molecule has 2 aromatic rings. The number of carbonyl (C=O) groups excluding carboxylic acids is 1. The SMILES string of the molecule is N#C[C@H]1CCCN(C(=O)NCc2nc(-c3ccccc3)n[nH]2)C1. The fourth-order valence-electron chi connectivity index (χ4n) is 2.63. The smallest absolute Gasteiger partial charge is 0.317 e. The van der Waals surface area contributed by atoms with Gasteiger partial charge in [-0.15, -0.1) is 0 Å². The standard InChI is InChI=1S/C16H18N6O/c17-9-12-5-4-8-22(11-12)16(23)18-10-14-19-15(21-20-14)13-6-2-1-3-7-13/h1-3,6-7,12H,4-5,8,10-11H2,(H,18,23)(H,19,20,21)/t12-/m1/s1. The predicted octanol–water partition coefficient (Wildman–Crippen LogP) is 1.92. The lowest BCUT2D eigenvalue weighted by molar-refractivity contribution is 0.176. The number of aromatic amines is 1. The van der Waals surface area contributed by atoms with Gasteiger partial charge in [0, 0.05) is 18.7 Å². The summed E-state index contributed by atoms with van der Waals surface area (Å²) in [7, 11) is 0. The summed E-state index contributed by atoms with van der Waals surface area (Å²) in [6, 6.07) is 11.7. The lowest BCUT2D eigenvalue weighted by Crippen LogP contribution is -2.45. The molecule has 1 aliphatic heterocycles. The van der Waals surface area contributed by atoms with E-state index < -0.39 is 0 Å². The largest absolute Gasteiger partial charge is 0.331 e. The van der Waals surface area contributed by atoms with Crippen molar-refractivity contribution in [3.05, 3.63) is 36.2 Å². The Morgan fingerprint density at radius 1 is 1.43 bits per heavy atom. The molecule has 0 radical (unpaired) electrons. The van der Waals surface area contributed by atoms with Crippen LogP contribution in [0.15, 0.2) is 30.3 Å². The number of urea groups is 1. The number of nitriles is 1. The number of carbonyl (C=O) groups is 1. The highest BCUT2D eigenvalue weighted by Gasteiger charge is 2.23. The third-order valence-electron chi connectivity index (χ3n) is 3.86. The number of piperidine rings is 1. The summed E-state index contributed by atoms with van der Waals surface area (Å²) in [5, 5.41) is 18.8. The summed E-state index contributed by atoms with van der Waals surface area (Å²) in [6.45, 7) is 1.47. The monoisotopic (exact) mass is 310 g/mol. The summed E-state index contributed by atoms with van der Waals surface area (Å²) >= 11 is 0. The molecule has 1 fully saturated rings. The van der Waals surface area contributed by atoms with Crippen LogP contribution in [0.3, 0.4) is 0 Å². The van der Waals surface area contributed by atoms with Crippen molar-refractivity contribution in [2.24, 2.45) is 5.92 Å². The first-order valence-electron chi connectivity index (χ1n) is 7.65. The molecule has 2 N–H and O–H groups in total. The van der Waals surface area contributed by atoms with E-state index in [1.54, 1.807) is 4.90 Å². The average Bonchev–Trinajstić information content (AvgIpc) is 3.09. The van der Waals surface area contributed by atoms with Crippen LogP contribution in [0.4, 0.5) is 4.79 Å². The molecule has 118 valence electrons. The Bertz CT molecular complexity index is 705. The summed E-state index contributed by atoms with van der Waals surface area (Å²) in [5.74, 6) is 1.15. The molecule has 0 aliphatic carbocycles. The van der Waals surface area contributed by atoms with Gasteiger partial charge in [-0.2, -0.15) is 10.4 Å². The number of likely N-dealkylation sites (tertiary alicyclic amines) is 1. The van der Waals surface area contributed by atoms with Gasteiger partial charge in [-0.25, -0.2) is 9.78 Å². The van der Waals surface area contributed by atoms with E-state index in [2.05, 4.69) is 26.6 Å². The van der Waals surface area contributed by atoms with Gasteiger partial charge in [-0.3, -0.25) is 5.10 Å². The average molecular weight is 310 g/mol. The molecule has 23 heavy (non-hydrogen) atoms. The number of H-pyrrole nitrogens is 1. The third-order valence-corrected chi connectivity index (χ3v) is 3.86. The van der Waals surface area contributed by atoms with Gasteiger partial charge in [0.25, 0.3) is 0 Å². The van der Waals surface area contributed by atoms with Crippen molar-refractivity contribution in [3.63, 3.8) is 0 Å². The number of aromatic nitrogens is 3. The van der Waals surface area contributed by atoms with E-state index in [0.29, 0.717) is 24.7 Å². The number of rotatable bonds is 3. The van der Waals surface area contributed by atoms with Gasteiger partial charge < -0.3 is 10.2 Å². The lowest BCUT2D eigenvalue weighted by Gasteiger charge is -2.29. The van der Waals surface area contributed by atoms with Crippen molar-refractivity contribution < 1.29 is 4.79 Å². The Morgan fingerprint density at radius 3 is 3.04 bits per heavy atom. The molecule has 7 heteroatoms. The van der Waals surface area contributed by atoms with Crippen LogP contribution >= 0.6 is 0 Å². The van der Waals surface area contributed by atoms with Gasteiger partial charge in [0.15, 0.2) is 5.82 Å². The van der Waals surface area contributed by atoms with Crippen molar-refractivity contribution in [2.45, 2.75) is 19.4 Å². The van der Waals surface area contributed by atoms with Crippen LogP contribution in [-0.2, 0) is 6.54 Å². The molecule has 0 saturated carbocycles. The van der Waals surface area contributed by atoms with Crippen molar-refractivity contribution in [2.75, 3.05) is 13.1 Å². The molecular formula is C16H18N6O. The highest BCUT2D eigenvalue weighted by molar-refractivity contribution is 5.74. The van der Waals surface area contributed by atoms with Crippen LogP contribution in [0.2, 0.25) is 0 Å². The summed E-state index contributed by atoms with van der Waals surface area (Å²) in [5.41, 5.74) is 0.925. The first-order valence-corrected chi connectivity index (χ1v) is 7.65. The maximum atomic E-state index is 12.2. The maximum Gasteiger partial charge on any atom is 0.317 e. The zero-order chi connectivity index (χ0) is 16.1. The van der Waals surface area contributed by atoms with E-state index in [0.717, 1.165) is 18.4 Å². The minimum Gasteiger partial charge on any atom is -0.331 e. The molecule has 0 bridgehead atoms. The van der Waals surface area contributed by atoms with Crippen LogP contribution in [-0.4, -0.2) is 39.2 Å². The van der Waals surface area contributed by atoms with E-state index in [-0.39, 0.29) is 18.5 Å². The molecule has 0 spiro atoms. The number of nitrogens with one attached hydrogen (secondary N) is 2. The van der Waals surface area contributed by atoms with Crippen LogP contribution in [0, 0.1) is 17.2 Å². The van der Waals surface area contributed by atoms with Gasteiger partial charge in [0.1, 0.15) is 5.82 Å². The Balaban J connectivity index is 1.55. The van der Waals surface area contributed by atoms with Crippen molar-refractivity contribution >= 4 is 6.03 Å². The Kier molecular flexibility index (Phi) is 4.52. The topological polar surface area (TPSA) is 97.7 Å². The lowest BCUT2D eigenvalue weighted by atomic mass is 10.0. The van der Waals surface area contributed by atoms with Gasteiger partial charge in [-0.05, 0) is 12.8 Å². The van der Waals surface area contributed by atoms with Crippen LogP contribution in [0.1, 0.15) is 18.7 Å². The minimum atomic E-state index is -0.164. The van der Waals surface area contributed by atoms with E-state index in [1.807, 2.05) is 30.3 Å². The minimum absolute atomic E-state index is 0.0653. The van der Waals surface area contributed by atoms with Crippen molar-refractivity contribution in [1.29, 1.82) is 5.26 Å². The third kappa shape index (κ3) is 3.66. The van der Waals surface area contributed by atoms with Crippen LogP contribution in [0.5, 0.6) is 0 Å². The number of hydrogen-bond donors (Lipinski definition) is 2. The highest BCUT2D eigenvalue weighted by atomic mass is 16.2. The number of nitrogens with zero attached hydrogens (tertiary/aromatic N) is 4. The predicted molar refractivity (Wildman–Crippen MR) is 84.0 cm³/mol. The van der Waals surface area contributed by atoms with Crippen molar-refractivity contribution in [1.82, 2.24) is 25.4 Å². The first-order chi connectivity index (χ1) is 11.3. The van der Waals surface area contributed by atoms with E-state index in [4.69, 9.17) is 5.26 Å². The summed E-state index contributed by atoms with van der Waals surface area (Å²) in [4.78, 5) is 18.2. The fraction of sp³-hybridized carbons (Fsp3) is 0.375. The van der Waals surface area contributed by atoms with Gasteiger partial charge in [0.05, 0.1) is 18.5 Å². The number of amides is 2. The molecule has 7 nitrogen and oxygen atoms in total. The molecule has 1 aromatic carbocycles. The first kappa shape index (κ1) is 15.0. The van der Waals surface area contributed by atoms with Crippen LogP contribution in [0.25, 0.3) is 11.4 Å². The second-order valence-electron chi connectivity index (χ2n) is 5.54. The second kappa shape index (κ2) is 6.92. The van der Waals surface area contributed by atoms with E-state index >= 15 is 0 Å². The number of hydrogen-bond acceptors (Lipinski definition) is 4. The van der Waals surface area contributed by atoms with E-state index in [1.165, 1.54) is 0 Å². The molecule has 1 saturated heterocycles. The Labute approximate surface area is 134 Å². The van der Waals surface area contributed by atoms with Crippen molar-refractivity contribution in [3.8, 4) is 17.5 Å². The zero-order valence-electron chi connectivity index (χ0n) is 12.7. The quantitative estimate of drug-likeness (QED) is 0.905. The zero-order valence-corrected chi connectivity index (χ0v) is 12.7. The molecular weight excluding hydrogens is 292 g/mol. The highest BCUT2D eigenvalue weighted by Crippen LogP contribution is 2.16. The molecule has 1 aliphatic rings. The fourth-order valence-corrected chi connectivity index (χ4v) is 2.63. The molecule has 1 atom stereocenters. The molecule has 1 aromatic heterocycles. The number of benzene rings is 1. The van der Waals surface area contributed by atoms with Gasteiger partial charge in [-0.1, -0.05) is 30.3 Å². The van der Waals surface area contributed by atoms with E-state index in [9.17, 15) is 4.79 Å². The molecule has 2 amide bonds. The van der Waals surface area contributed by atoms with Gasteiger partial charge in [0.2, 0.25) is 0 Å². The Morgan fingerprint density at radius 2 is 2.26 bits per heavy atom. The summed E-state index contributed by atoms with van der Waals surface area (Å²) < 4.78 is 0. The Hall–Kier alpha value is -2.88. The molecule has 2 heterocycles. The van der Waals surface area contributed by atoms with Crippen LogP contribution < -0.4 is 5.32 Å². The molecule has 3 rings (SSSR count). The maximum absolute atomic E-state index is 12.2.